The molecule has 0 radical (unpaired) electrons. The van der Waals surface area contributed by atoms with Gasteiger partial charge in [-0.1, -0.05) is 12.1 Å². The fourth-order valence-electron chi connectivity index (χ4n) is 3.19. The summed E-state index contributed by atoms with van der Waals surface area (Å²) < 4.78 is 5.73. The number of ether oxygens (including phenoxy) is 1. The van der Waals surface area contributed by atoms with Crippen LogP contribution in [0.4, 0.5) is 0 Å². The third kappa shape index (κ3) is 3.47. The van der Waals surface area contributed by atoms with Gasteiger partial charge in [0, 0.05) is 17.5 Å². The van der Waals surface area contributed by atoms with E-state index in [1.165, 1.54) is 6.42 Å². The number of aromatic amines is 1. The Bertz CT molecular complexity index is 870. The van der Waals surface area contributed by atoms with E-state index in [1.54, 1.807) is 6.20 Å². The molecule has 0 fully saturated rings. The lowest BCUT2D eigenvalue weighted by Crippen LogP contribution is -2.29. The second kappa shape index (κ2) is 6.93. The van der Waals surface area contributed by atoms with Crippen molar-refractivity contribution in [3.05, 3.63) is 53.6 Å². The maximum absolute atomic E-state index is 12.1. The van der Waals surface area contributed by atoms with Gasteiger partial charge in [0.2, 0.25) is 0 Å². The molecule has 0 saturated heterocycles. The van der Waals surface area contributed by atoms with Crippen molar-refractivity contribution in [1.82, 2.24) is 20.3 Å². The molecule has 6 heteroatoms. The second-order valence-corrected chi connectivity index (χ2v) is 6.21. The highest BCUT2D eigenvalue weighted by atomic mass is 16.5. The number of rotatable bonds is 5. The number of aromatic nitrogens is 3. The van der Waals surface area contributed by atoms with E-state index in [1.807, 2.05) is 30.3 Å². The summed E-state index contributed by atoms with van der Waals surface area (Å²) in [6.07, 6.45) is 6.03. The van der Waals surface area contributed by atoms with Crippen LogP contribution in [0.15, 0.2) is 36.5 Å². The standard InChI is InChI=1S/C19H20N4O2/c24-19(21-11-18-22-15-7-3-4-8-16(15)23-18)12-25-17-9-10-20-14-6-2-1-5-13(14)17/h3-4,7-10H,1-2,5-6,11-12H2,(H,21,24)(H,22,23). The minimum Gasteiger partial charge on any atom is -0.483 e. The molecule has 0 spiro atoms. The first-order valence-electron chi connectivity index (χ1n) is 8.59. The van der Waals surface area contributed by atoms with Gasteiger partial charge in [0.1, 0.15) is 11.6 Å². The lowest BCUT2D eigenvalue weighted by Gasteiger charge is -2.18. The summed E-state index contributed by atoms with van der Waals surface area (Å²) in [5, 5.41) is 2.84. The molecule has 0 unspecified atom stereocenters. The second-order valence-electron chi connectivity index (χ2n) is 6.21. The van der Waals surface area contributed by atoms with Crippen LogP contribution in [0.25, 0.3) is 11.0 Å². The number of para-hydroxylation sites is 2. The first-order valence-corrected chi connectivity index (χ1v) is 8.59. The quantitative estimate of drug-likeness (QED) is 0.750. The van der Waals surface area contributed by atoms with Crippen LogP contribution in [0.3, 0.4) is 0 Å². The predicted octanol–water partition coefficient (Wildman–Crippen LogP) is 2.53. The number of nitrogens with zero attached hydrogens (tertiary/aromatic N) is 2. The number of aryl methyl sites for hydroxylation is 1. The number of amides is 1. The maximum Gasteiger partial charge on any atom is 0.258 e. The van der Waals surface area contributed by atoms with Crippen molar-refractivity contribution in [2.24, 2.45) is 0 Å². The third-order valence-corrected chi connectivity index (χ3v) is 4.44. The van der Waals surface area contributed by atoms with Crippen LogP contribution in [-0.4, -0.2) is 27.5 Å². The highest BCUT2D eigenvalue weighted by Gasteiger charge is 2.16. The first kappa shape index (κ1) is 15.6. The Morgan fingerprint density at radius 3 is 3.00 bits per heavy atom. The number of imidazole rings is 1. The summed E-state index contributed by atoms with van der Waals surface area (Å²) in [4.78, 5) is 24.1. The molecule has 3 aromatic rings. The van der Waals surface area contributed by atoms with E-state index in [0.29, 0.717) is 6.54 Å². The summed E-state index contributed by atoms with van der Waals surface area (Å²) in [7, 11) is 0. The highest BCUT2D eigenvalue weighted by Crippen LogP contribution is 2.27. The molecule has 128 valence electrons. The molecule has 0 aliphatic heterocycles. The number of pyridine rings is 1. The van der Waals surface area contributed by atoms with Gasteiger partial charge < -0.3 is 15.0 Å². The van der Waals surface area contributed by atoms with Gasteiger partial charge in [0.05, 0.1) is 17.6 Å². The van der Waals surface area contributed by atoms with Crippen LogP contribution in [0, 0.1) is 0 Å². The van der Waals surface area contributed by atoms with Gasteiger partial charge in [0.25, 0.3) is 5.91 Å². The Balaban J connectivity index is 1.33. The van der Waals surface area contributed by atoms with E-state index in [4.69, 9.17) is 4.74 Å². The Morgan fingerprint density at radius 2 is 2.08 bits per heavy atom. The van der Waals surface area contributed by atoms with Crippen molar-refractivity contribution in [2.45, 2.75) is 32.2 Å². The normalized spacial score (nSPS) is 13.4. The van der Waals surface area contributed by atoms with Crippen LogP contribution in [0.5, 0.6) is 5.75 Å². The lowest BCUT2D eigenvalue weighted by molar-refractivity contribution is -0.123. The molecule has 6 nitrogen and oxygen atoms in total. The summed E-state index contributed by atoms with van der Waals surface area (Å²) in [6, 6.07) is 9.63. The molecule has 1 aliphatic carbocycles. The number of fused-ring (bicyclic) bond motifs is 2. The average molecular weight is 336 g/mol. The van der Waals surface area contributed by atoms with E-state index < -0.39 is 0 Å². The number of hydrogen-bond acceptors (Lipinski definition) is 4. The van der Waals surface area contributed by atoms with Gasteiger partial charge in [-0.25, -0.2) is 4.98 Å². The number of hydrogen-bond donors (Lipinski definition) is 2. The zero-order valence-electron chi connectivity index (χ0n) is 13.9. The number of carbonyl (C=O) groups excluding carboxylic acids is 1. The van der Waals surface area contributed by atoms with Gasteiger partial charge >= 0.3 is 0 Å². The molecule has 4 rings (SSSR count). The van der Waals surface area contributed by atoms with Crippen molar-refractivity contribution in [3.63, 3.8) is 0 Å². The lowest BCUT2D eigenvalue weighted by atomic mass is 9.95. The van der Waals surface area contributed by atoms with Crippen molar-refractivity contribution in [2.75, 3.05) is 6.61 Å². The minimum atomic E-state index is -0.165. The minimum absolute atomic E-state index is 0.00329. The van der Waals surface area contributed by atoms with Crippen molar-refractivity contribution < 1.29 is 9.53 Å². The van der Waals surface area contributed by atoms with Crippen molar-refractivity contribution in [1.29, 1.82) is 0 Å². The van der Waals surface area contributed by atoms with Crippen LogP contribution in [-0.2, 0) is 24.2 Å². The first-order chi connectivity index (χ1) is 12.3. The van der Waals surface area contributed by atoms with Crippen LogP contribution in [0.2, 0.25) is 0 Å². The van der Waals surface area contributed by atoms with Gasteiger partial charge in [-0.15, -0.1) is 0 Å². The van der Waals surface area contributed by atoms with Crippen LogP contribution >= 0.6 is 0 Å². The van der Waals surface area contributed by atoms with Crippen molar-refractivity contribution in [3.8, 4) is 5.75 Å². The fourth-order valence-corrected chi connectivity index (χ4v) is 3.19. The average Bonchev–Trinajstić information content (AvgIpc) is 3.07. The molecule has 0 saturated carbocycles. The SMILES string of the molecule is O=C(COc1ccnc2c1CCCC2)NCc1nc2ccccc2[nH]1. The Labute approximate surface area is 145 Å². The largest absolute Gasteiger partial charge is 0.483 e. The molecule has 2 heterocycles. The van der Waals surface area contributed by atoms with E-state index in [-0.39, 0.29) is 12.5 Å². The van der Waals surface area contributed by atoms with Gasteiger partial charge in [-0.3, -0.25) is 9.78 Å². The van der Waals surface area contributed by atoms with Gasteiger partial charge in [0.15, 0.2) is 6.61 Å². The number of carbonyl (C=O) groups is 1. The molecule has 1 aliphatic rings. The molecular weight excluding hydrogens is 316 g/mol. The molecular formula is C19H20N4O2. The monoisotopic (exact) mass is 336 g/mol. The van der Waals surface area contributed by atoms with E-state index in [2.05, 4.69) is 20.3 Å². The predicted molar refractivity (Wildman–Crippen MR) is 94.3 cm³/mol. The molecule has 0 bridgehead atoms. The highest BCUT2D eigenvalue weighted by molar-refractivity contribution is 5.78. The van der Waals surface area contributed by atoms with Crippen LogP contribution in [0.1, 0.15) is 29.9 Å². The maximum atomic E-state index is 12.1. The van der Waals surface area contributed by atoms with Crippen molar-refractivity contribution >= 4 is 16.9 Å². The third-order valence-electron chi connectivity index (χ3n) is 4.44. The van der Waals surface area contributed by atoms with E-state index >= 15 is 0 Å². The molecule has 2 N–H and O–H groups in total. The molecule has 1 aromatic carbocycles. The fraction of sp³-hybridized carbons (Fsp3) is 0.316. The zero-order valence-corrected chi connectivity index (χ0v) is 13.9. The Kier molecular flexibility index (Phi) is 4.33. The number of benzene rings is 1. The van der Waals surface area contributed by atoms with Crippen LogP contribution < -0.4 is 10.1 Å². The molecule has 0 atom stereocenters. The number of H-pyrrole nitrogens is 1. The summed E-state index contributed by atoms with van der Waals surface area (Å²) in [5.74, 6) is 1.35. The Morgan fingerprint density at radius 1 is 1.20 bits per heavy atom. The molecule has 2 aromatic heterocycles. The van der Waals surface area contributed by atoms with E-state index in [9.17, 15) is 4.79 Å². The summed E-state index contributed by atoms with van der Waals surface area (Å²) >= 11 is 0. The summed E-state index contributed by atoms with van der Waals surface area (Å²) in [6.45, 7) is 0.349. The van der Waals surface area contributed by atoms with Gasteiger partial charge in [-0.2, -0.15) is 0 Å². The Hall–Kier alpha value is -2.89. The molecule has 25 heavy (non-hydrogen) atoms. The molecule has 1 amide bonds. The van der Waals surface area contributed by atoms with E-state index in [0.717, 1.165) is 53.1 Å². The zero-order chi connectivity index (χ0) is 17.1. The topological polar surface area (TPSA) is 79.9 Å². The summed E-state index contributed by atoms with van der Waals surface area (Å²) in [5.41, 5.74) is 4.11. The van der Waals surface area contributed by atoms with Gasteiger partial charge in [-0.05, 0) is 43.9 Å². The number of nitrogens with one attached hydrogen (secondary N) is 2. The smallest absolute Gasteiger partial charge is 0.258 e.